The van der Waals surface area contributed by atoms with Crippen LogP contribution in [0.3, 0.4) is 0 Å². The predicted octanol–water partition coefficient (Wildman–Crippen LogP) is 3.47. The number of anilines is 1. The van der Waals surface area contributed by atoms with Crippen LogP contribution in [0, 0.1) is 5.82 Å². The smallest absolute Gasteiger partial charge is 0.225 e. The Morgan fingerprint density at radius 3 is 2.81 bits per heavy atom. The van der Waals surface area contributed by atoms with Crippen LogP contribution >= 0.6 is 11.8 Å². The Bertz CT molecular complexity index is 741. The van der Waals surface area contributed by atoms with E-state index < -0.39 is 0 Å². The van der Waals surface area contributed by atoms with Gasteiger partial charge in [0.15, 0.2) is 5.65 Å². The molecule has 0 unspecified atom stereocenters. The van der Waals surface area contributed by atoms with Crippen molar-refractivity contribution in [3.63, 3.8) is 0 Å². The predicted molar refractivity (Wildman–Crippen MR) is 81.0 cm³/mol. The molecule has 0 aliphatic rings. The Balaban J connectivity index is 1.95. The van der Waals surface area contributed by atoms with Crippen LogP contribution in [0.4, 0.5) is 10.3 Å². The zero-order valence-corrected chi connectivity index (χ0v) is 12.2. The van der Waals surface area contributed by atoms with Gasteiger partial charge in [0.05, 0.1) is 11.6 Å². The monoisotopic (exact) mass is 303 g/mol. The molecule has 108 valence electrons. The summed E-state index contributed by atoms with van der Waals surface area (Å²) in [4.78, 5) is 9.81. The fourth-order valence-electron chi connectivity index (χ4n) is 1.82. The number of fused-ring (bicyclic) bond motifs is 1. The third kappa shape index (κ3) is 3.13. The van der Waals surface area contributed by atoms with Gasteiger partial charge in [0.2, 0.25) is 5.95 Å². The molecule has 0 bridgehead atoms. The van der Waals surface area contributed by atoms with Crippen LogP contribution in [-0.4, -0.2) is 26.7 Å². The Morgan fingerprint density at radius 2 is 2.05 bits per heavy atom. The van der Waals surface area contributed by atoms with E-state index in [1.807, 2.05) is 0 Å². The molecule has 0 spiro atoms. The first-order chi connectivity index (χ1) is 10.3. The summed E-state index contributed by atoms with van der Waals surface area (Å²) in [5, 5.41) is 11.7. The molecule has 0 saturated heterocycles. The normalized spacial score (nSPS) is 11.0. The van der Waals surface area contributed by atoms with Crippen LogP contribution in [0.1, 0.15) is 13.3 Å². The van der Waals surface area contributed by atoms with Crippen molar-refractivity contribution < 1.29 is 4.39 Å². The van der Waals surface area contributed by atoms with Crippen molar-refractivity contribution in [2.24, 2.45) is 0 Å². The number of hydrogen-bond acceptors (Lipinski definition) is 5. The van der Waals surface area contributed by atoms with E-state index in [1.165, 1.54) is 23.9 Å². The number of nitrogens with zero attached hydrogens (tertiary/aromatic N) is 3. The third-order valence-corrected chi connectivity index (χ3v) is 3.85. The standard InChI is InChI=1S/C14H14FN5S/c1-2-7-16-14-18-12-11(8-17-20-12)13(19-14)21-10-5-3-9(15)4-6-10/h3-6,8H,2,7H2,1H3,(H2,16,17,18,19,20). The number of H-pyrrole nitrogens is 1. The summed E-state index contributed by atoms with van der Waals surface area (Å²) in [5.41, 5.74) is 0.688. The lowest BCUT2D eigenvalue weighted by molar-refractivity contribution is 0.626. The Morgan fingerprint density at radius 1 is 1.24 bits per heavy atom. The maximum atomic E-state index is 13.0. The molecule has 0 aliphatic carbocycles. The second kappa shape index (κ2) is 6.09. The number of benzene rings is 1. The molecule has 3 rings (SSSR count). The summed E-state index contributed by atoms with van der Waals surface area (Å²) in [6.07, 6.45) is 2.69. The van der Waals surface area contributed by atoms with Gasteiger partial charge >= 0.3 is 0 Å². The minimum Gasteiger partial charge on any atom is -0.354 e. The molecule has 0 amide bonds. The summed E-state index contributed by atoms with van der Waals surface area (Å²) in [7, 11) is 0. The molecule has 0 saturated carbocycles. The van der Waals surface area contributed by atoms with E-state index in [0.29, 0.717) is 11.6 Å². The molecule has 2 heterocycles. The molecule has 0 radical (unpaired) electrons. The lowest BCUT2D eigenvalue weighted by Crippen LogP contribution is -2.05. The van der Waals surface area contributed by atoms with Crippen molar-refractivity contribution in [2.45, 2.75) is 23.3 Å². The quantitative estimate of drug-likeness (QED) is 0.707. The number of hydrogen-bond donors (Lipinski definition) is 2. The lowest BCUT2D eigenvalue weighted by atomic mass is 10.4. The summed E-state index contributed by atoms with van der Waals surface area (Å²) >= 11 is 1.46. The topological polar surface area (TPSA) is 66.5 Å². The number of halogens is 1. The van der Waals surface area contributed by atoms with Crippen molar-refractivity contribution in [3.8, 4) is 0 Å². The molecule has 2 N–H and O–H groups in total. The maximum absolute atomic E-state index is 13.0. The molecular weight excluding hydrogens is 289 g/mol. The van der Waals surface area contributed by atoms with Gasteiger partial charge in [-0.15, -0.1) is 0 Å². The number of aromatic amines is 1. The van der Waals surface area contributed by atoms with Crippen LogP contribution in [0.5, 0.6) is 0 Å². The van der Waals surface area contributed by atoms with Crippen LogP contribution in [-0.2, 0) is 0 Å². The van der Waals surface area contributed by atoms with Gasteiger partial charge in [-0.3, -0.25) is 5.10 Å². The Kier molecular flexibility index (Phi) is 4.01. The first-order valence-corrected chi connectivity index (χ1v) is 7.46. The molecular formula is C14H14FN5S. The summed E-state index contributed by atoms with van der Waals surface area (Å²) in [6, 6.07) is 6.33. The van der Waals surface area contributed by atoms with Crippen molar-refractivity contribution in [1.82, 2.24) is 20.2 Å². The summed E-state index contributed by atoms with van der Waals surface area (Å²) < 4.78 is 13.0. The van der Waals surface area contributed by atoms with Crippen LogP contribution in [0.25, 0.3) is 11.0 Å². The number of aromatic nitrogens is 4. The van der Waals surface area contributed by atoms with Gasteiger partial charge in [0, 0.05) is 11.4 Å². The molecule has 1 aromatic carbocycles. The average molecular weight is 303 g/mol. The molecule has 5 nitrogen and oxygen atoms in total. The molecule has 3 aromatic rings. The molecule has 0 atom stereocenters. The van der Waals surface area contributed by atoms with Crippen molar-refractivity contribution in [1.29, 1.82) is 0 Å². The first kappa shape index (κ1) is 13.8. The van der Waals surface area contributed by atoms with Crippen molar-refractivity contribution in [2.75, 3.05) is 11.9 Å². The van der Waals surface area contributed by atoms with E-state index in [-0.39, 0.29) is 5.82 Å². The fourth-order valence-corrected chi connectivity index (χ4v) is 2.70. The zero-order chi connectivity index (χ0) is 14.7. The van der Waals surface area contributed by atoms with Gasteiger partial charge < -0.3 is 5.32 Å². The van der Waals surface area contributed by atoms with Gasteiger partial charge in [-0.2, -0.15) is 10.1 Å². The maximum Gasteiger partial charge on any atom is 0.225 e. The summed E-state index contributed by atoms with van der Waals surface area (Å²) in [6.45, 7) is 2.89. The molecule has 0 aliphatic heterocycles. The fraction of sp³-hybridized carbons (Fsp3) is 0.214. The van der Waals surface area contributed by atoms with Gasteiger partial charge in [0.1, 0.15) is 10.8 Å². The largest absolute Gasteiger partial charge is 0.354 e. The minimum atomic E-state index is -0.249. The van der Waals surface area contributed by atoms with E-state index in [0.717, 1.165) is 28.3 Å². The van der Waals surface area contributed by atoms with Crippen LogP contribution < -0.4 is 5.32 Å². The highest BCUT2D eigenvalue weighted by Gasteiger charge is 2.11. The highest BCUT2D eigenvalue weighted by Crippen LogP contribution is 2.31. The van der Waals surface area contributed by atoms with Crippen LogP contribution in [0.2, 0.25) is 0 Å². The Labute approximate surface area is 125 Å². The SMILES string of the molecule is CCCNc1nc(Sc2ccc(F)cc2)c2cn[nH]c2n1. The zero-order valence-electron chi connectivity index (χ0n) is 11.4. The number of rotatable bonds is 5. The molecule has 21 heavy (non-hydrogen) atoms. The van der Waals surface area contributed by atoms with E-state index in [9.17, 15) is 4.39 Å². The highest BCUT2D eigenvalue weighted by atomic mass is 32.2. The van der Waals surface area contributed by atoms with E-state index in [1.54, 1.807) is 18.3 Å². The molecule has 2 aromatic heterocycles. The van der Waals surface area contributed by atoms with E-state index in [4.69, 9.17) is 0 Å². The van der Waals surface area contributed by atoms with E-state index in [2.05, 4.69) is 32.4 Å². The second-order valence-electron chi connectivity index (χ2n) is 4.47. The summed E-state index contributed by atoms with van der Waals surface area (Å²) in [5.74, 6) is 0.319. The minimum absolute atomic E-state index is 0.249. The first-order valence-electron chi connectivity index (χ1n) is 6.64. The van der Waals surface area contributed by atoms with E-state index >= 15 is 0 Å². The van der Waals surface area contributed by atoms with Gasteiger partial charge in [-0.1, -0.05) is 18.7 Å². The van der Waals surface area contributed by atoms with Gasteiger partial charge in [-0.05, 0) is 30.7 Å². The average Bonchev–Trinajstić information content (AvgIpc) is 2.96. The number of nitrogens with one attached hydrogen (secondary N) is 2. The van der Waals surface area contributed by atoms with Crippen LogP contribution in [0.15, 0.2) is 40.4 Å². The van der Waals surface area contributed by atoms with Crippen molar-refractivity contribution >= 4 is 28.7 Å². The lowest BCUT2D eigenvalue weighted by Gasteiger charge is -2.06. The highest BCUT2D eigenvalue weighted by molar-refractivity contribution is 7.99. The van der Waals surface area contributed by atoms with Crippen molar-refractivity contribution in [3.05, 3.63) is 36.3 Å². The molecule has 7 heteroatoms. The molecule has 0 fully saturated rings. The third-order valence-electron chi connectivity index (χ3n) is 2.84. The van der Waals surface area contributed by atoms with Gasteiger partial charge in [-0.25, -0.2) is 9.37 Å². The Hall–Kier alpha value is -2.15. The second-order valence-corrected chi connectivity index (χ2v) is 5.53. The van der Waals surface area contributed by atoms with Gasteiger partial charge in [0.25, 0.3) is 0 Å².